The van der Waals surface area contributed by atoms with Crippen molar-refractivity contribution in [1.82, 2.24) is 4.72 Å². The van der Waals surface area contributed by atoms with Crippen molar-refractivity contribution in [3.05, 3.63) is 41.0 Å². The van der Waals surface area contributed by atoms with Gasteiger partial charge < -0.3 is 4.74 Å². The first-order valence-corrected chi connectivity index (χ1v) is 6.83. The Morgan fingerprint density at radius 3 is 2.74 bits per heavy atom. The number of nitro benzene ring substituents is 1. The van der Waals surface area contributed by atoms with E-state index in [9.17, 15) is 18.5 Å². The molecule has 0 fully saturated rings. The van der Waals surface area contributed by atoms with Gasteiger partial charge in [-0.1, -0.05) is 6.08 Å². The molecule has 8 heteroatoms. The lowest BCUT2D eigenvalue weighted by Crippen LogP contribution is -2.24. The van der Waals surface area contributed by atoms with Crippen LogP contribution in [0.4, 0.5) is 5.69 Å². The Morgan fingerprint density at radius 2 is 2.21 bits per heavy atom. The third kappa shape index (κ3) is 3.76. The van der Waals surface area contributed by atoms with E-state index < -0.39 is 20.6 Å². The van der Waals surface area contributed by atoms with Crippen LogP contribution in [-0.4, -0.2) is 27.0 Å². The average molecular weight is 286 g/mol. The number of sulfonamides is 1. The van der Waals surface area contributed by atoms with Crippen molar-refractivity contribution in [2.24, 2.45) is 0 Å². The number of methoxy groups -OCH3 is 1. The molecule has 0 radical (unpaired) electrons. The number of nitrogens with one attached hydrogen (secondary N) is 1. The summed E-state index contributed by atoms with van der Waals surface area (Å²) in [6.07, 6.45) is 2.04. The molecule has 0 spiro atoms. The molecule has 0 aliphatic heterocycles. The molecule has 1 N–H and O–H groups in total. The molecule has 1 aromatic carbocycles. The molecule has 1 rings (SSSR count). The molecule has 0 saturated carbocycles. The maximum atomic E-state index is 11.9. The minimum atomic E-state index is -3.77. The summed E-state index contributed by atoms with van der Waals surface area (Å²) in [5, 5.41) is 10.8. The molecule has 0 aliphatic rings. The highest BCUT2D eigenvalue weighted by molar-refractivity contribution is 7.89. The number of nitro groups is 1. The number of nitrogens with zero attached hydrogens (tertiary/aromatic N) is 1. The second-order valence-corrected chi connectivity index (χ2v) is 5.33. The van der Waals surface area contributed by atoms with Crippen molar-refractivity contribution in [2.45, 2.75) is 11.3 Å². The Bertz CT molecular complexity index is 583. The molecule has 1 aromatic rings. The minimum absolute atomic E-state index is 0.00930. The van der Waals surface area contributed by atoms with E-state index in [1.54, 1.807) is 6.08 Å². The van der Waals surface area contributed by atoms with E-state index in [4.69, 9.17) is 4.74 Å². The van der Waals surface area contributed by atoms with Crippen LogP contribution in [0.1, 0.15) is 6.42 Å². The Kier molecular flexibility index (Phi) is 5.02. The fourth-order valence-electron chi connectivity index (χ4n) is 1.36. The van der Waals surface area contributed by atoms with Crippen molar-refractivity contribution >= 4 is 15.7 Å². The van der Waals surface area contributed by atoms with Gasteiger partial charge in [-0.2, -0.15) is 0 Å². The van der Waals surface area contributed by atoms with Gasteiger partial charge in [-0.25, -0.2) is 13.1 Å². The topological polar surface area (TPSA) is 98.5 Å². The van der Waals surface area contributed by atoms with E-state index in [1.807, 2.05) is 0 Å². The van der Waals surface area contributed by atoms with Crippen LogP contribution < -0.4 is 9.46 Å². The summed E-state index contributed by atoms with van der Waals surface area (Å²) in [6.45, 7) is 3.66. The van der Waals surface area contributed by atoms with E-state index >= 15 is 0 Å². The van der Waals surface area contributed by atoms with Crippen LogP contribution in [0.25, 0.3) is 0 Å². The molecule has 0 heterocycles. The van der Waals surface area contributed by atoms with E-state index in [-0.39, 0.29) is 17.2 Å². The average Bonchev–Trinajstić information content (AvgIpc) is 2.38. The molecule has 0 aromatic heterocycles. The normalized spacial score (nSPS) is 11.0. The maximum Gasteiger partial charge on any atom is 0.312 e. The summed E-state index contributed by atoms with van der Waals surface area (Å²) >= 11 is 0. The summed E-state index contributed by atoms with van der Waals surface area (Å²) in [6, 6.07) is 3.47. The van der Waals surface area contributed by atoms with Gasteiger partial charge in [0, 0.05) is 12.6 Å². The lowest BCUT2D eigenvalue weighted by Gasteiger charge is -2.07. The predicted octanol–water partition coefficient (Wildman–Crippen LogP) is 1.46. The van der Waals surface area contributed by atoms with Crippen LogP contribution in [0, 0.1) is 10.1 Å². The largest absolute Gasteiger partial charge is 0.490 e. The van der Waals surface area contributed by atoms with E-state index in [0.29, 0.717) is 6.42 Å². The van der Waals surface area contributed by atoms with Gasteiger partial charge in [0.05, 0.1) is 16.9 Å². The van der Waals surface area contributed by atoms with Crippen LogP contribution >= 0.6 is 0 Å². The van der Waals surface area contributed by atoms with Crippen molar-refractivity contribution in [1.29, 1.82) is 0 Å². The smallest absolute Gasteiger partial charge is 0.312 e. The SMILES string of the molecule is C=CCCNS(=O)(=O)c1ccc(OC)c([N+](=O)[O-])c1. The molecule has 0 amide bonds. The Hall–Kier alpha value is -1.93. The molecule has 0 aliphatic carbocycles. The molecule has 0 unspecified atom stereocenters. The number of hydrogen-bond acceptors (Lipinski definition) is 5. The molecular formula is C11H14N2O5S. The lowest BCUT2D eigenvalue weighted by atomic mass is 10.3. The van der Waals surface area contributed by atoms with Gasteiger partial charge in [-0.15, -0.1) is 6.58 Å². The second kappa shape index (κ2) is 6.30. The minimum Gasteiger partial charge on any atom is -0.490 e. The van der Waals surface area contributed by atoms with Crippen LogP contribution in [0.2, 0.25) is 0 Å². The first-order chi connectivity index (χ1) is 8.92. The van der Waals surface area contributed by atoms with Crippen molar-refractivity contribution in [2.75, 3.05) is 13.7 Å². The van der Waals surface area contributed by atoms with E-state index in [2.05, 4.69) is 11.3 Å². The number of benzene rings is 1. The van der Waals surface area contributed by atoms with Gasteiger partial charge in [0.2, 0.25) is 10.0 Å². The van der Waals surface area contributed by atoms with Crippen LogP contribution in [0.3, 0.4) is 0 Å². The first-order valence-electron chi connectivity index (χ1n) is 5.35. The summed E-state index contributed by atoms with van der Waals surface area (Å²) in [7, 11) is -2.49. The van der Waals surface area contributed by atoms with Gasteiger partial charge in [0.1, 0.15) is 0 Å². The highest BCUT2D eigenvalue weighted by Gasteiger charge is 2.21. The number of rotatable bonds is 7. The van der Waals surface area contributed by atoms with Gasteiger partial charge >= 0.3 is 5.69 Å². The molecule has 0 saturated heterocycles. The van der Waals surface area contributed by atoms with E-state index in [0.717, 1.165) is 6.07 Å². The molecular weight excluding hydrogens is 272 g/mol. The Labute approximate surface area is 111 Å². The van der Waals surface area contributed by atoms with Crippen molar-refractivity contribution < 1.29 is 18.1 Å². The maximum absolute atomic E-state index is 11.9. The van der Waals surface area contributed by atoms with Crippen molar-refractivity contribution in [3.63, 3.8) is 0 Å². The second-order valence-electron chi connectivity index (χ2n) is 3.57. The van der Waals surface area contributed by atoms with Gasteiger partial charge in [-0.05, 0) is 18.6 Å². The van der Waals surface area contributed by atoms with Crippen LogP contribution in [-0.2, 0) is 10.0 Å². The fraction of sp³-hybridized carbons (Fsp3) is 0.273. The fourth-order valence-corrected chi connectivity index (χ4v) is 2.43. The van der Waals surface area contributed by atoms with Gasteiger partial charge in [0.25, 0.3) is 0 Å². The number of ether oxygens (including phenoxy) is 1. The van der Waals surface area contributed by atoms with Crippen LogP contribution in [0.5, 0.6) is 5.75 Å². The van der Waals surface area contributed by atoms with Crippen LogP contribution in [0.15, 0.2) is 35.7 Å². The van der Waals surface area contributed by atoms with E-state index in [1.165, 1.54) is 19.2 Å². The monoisotopic (exact) mass is 286 g/mol. The predicted molar refractivity (Wildman–Crippen MR) is 69.7 cm³/mol. The molecule has 104 valence electrons. The Morgan fingerprint density at radius 1 is 1.53 bits per heavy atom. The standard InChI is InChI=1S/C11H14N2O5S/c1-3-4-7-12-19(16,17)9-5-6-11(18-2)10(8-9)13(14)15/h3,5-6,8,12H,1,4,7H2,2H3. The molecule has 0 atom stereocenters. The third-order valence-corrected chi connectivity index (χ3v) is 3.76. The summed E-state index contributed by atoms with van der Waals surface area (Å²) in [5.74, 6) is 0.00930. The summed E-state index contributed by atoms with van der Waals surface area (Å²) < 4.78 is 30.9. The molecule has 19 heavy (non-hydrogen) atoms. The molecule has 0 bridgehead atoms. The Balaban J connectivity index is 3.11. The first kappa shape index (κ1) is 15.1. The van der Waals surface area contributed by atoms with Crippen molar-refractivity contribution in [3.8, 4) is 5.75 Å². The zero-order valence-electron chi connectivity index (χ0n) is 10.3. The van der Waals surface area contributed by atoms with Gasteiger partial charge in [-0.3, -0.25) is 10.1 Å². The third-order valence-electron chi connectivity index (χ3n) is 2.30. The summed E-state index contributed by atoms with van der Waals surface area (Å²) in [5.41, 5.74) is -0.394. The molecule has 7 nitrogen and oxygen atoms in total. The zero-order valence-corrected chi connectivity index (χ0v) is 11.1. The van der Waals surface area contributed by atoms with Gasteiger partial charge in [0.15, 0.2) is 5.75 Å². The highest BCUT2D eigenvalue weighted by atomic mass is 32.2. The highest BCUT2D eigenvalue weighted by Crippen LogP contribution is 2.29. The lowest BCUT2D eigenvalue weighted by molar-refractivity contribution is -0.386. The quantitative estimate of drug-likeness (QED) is 0.354. The number of hydrogen-bond donors (Lipinski definition) is 1. The summed E-state index contributed by atoms with van der Waals surface area (Å²) in [4.78, 5) is 9.95. The zero-order chi connectivity index (χ0) is 14.5.